The highest BCUT2D eigenvalue weighted by Gasteiger charge is 2.26. The third-order valence-corrected chi connectivity index (χ3v) is 2.53. The van der Waals surface area contributed by atoms with E-state index in [4.69, 9.17) is 4.74 Å². The van der Waals surface area contributed by atoms with Gasteiger partial charge in [0.25, 0.3) is 0 Å². The number of rotatable bonds is 4. The van der Waals surface area contributed by atoms with Crippen molar-refractivity contribution in [2.45, 2.75) is 19.8 Å². The predicted molar refractivity (Wildman–Crippen MR) is 59.4 cm³/mol. The van der Waals surface area contributed by atoms with Crippen molar-refractivity contribution in [3.63, 3.8) is 0 Å². The molecule has 1 aliphatic rings. The van der Waals surface area contributed by atoms with Crippen molar-refractivity contribution in [1.29, 1.82) is 0 Å². The summed E-state index contributed by atoms with van der Waals surface area (Å²) >= 11 is 0. The fraction of sp³-hybridized carbons (Fsp3) is 0.308. The highest BCUT2D eigenvalue weighted by Crippen LogP contribution is 2.31. The first-order valence-corrected chi connectivity index (χ1v) is 5.11. The number of fused-ring (bicyclic) bond motifs is 1. The minimum atomic E-state index is 0.191. The molecule has 1 aromatic carbocycles. The van der Waals surface area contributed by atoms with Crippen LogP contribution in [0.15, 0.2) is 30.4 Å². The fourth-order valence-corrected chi connectivity index (χ4v) is 1.65. The third-order valence-electron chi connectivity index (χ3n) is 2.53. The lowest BCUT2D eigenvalue weighted by atomic mass is 9.86. The molecule has 0 atom stereocenters. The summed E-state index contributed by atoms with van der Waals surface area (Å²) in [5.74, 6) is 0.918. The number of carbonyl (C=O) groups excluding carboxylic acids is 1. The summed E-state index contributed by atoms with van der Waals surface area (Å²) in [6.45, 7) is 6.37. The molecule has 0 aromatic heterocycles. The lowest BCUT2D eigenvalue weighted by Crippen LogP contribution is -2.20. The van der Waals surface area contributed by atoms with E-state index in [1.165, 1.54) is 0 Å². The molecular formula is C13H14O2. The van der Waals surface area contributed by atoms with Gasteiger partial charge in [-0.15, -0.1) is 6.58 Å². The van der Waals surface area contributed by atoms with Crippen molar-refractivity contribution in [3.8, 4) is 5.75 Å². The van der Waals surface area contributed by atoms with Crippen molar-refractivity contribution in [2.75, 3.05) is 6.61 Å². The molecule has 0 amide bonds. The molecule has 0 fully saturated rings. The van der Waals surface area contributed by atoms with E-state index < -0.39 is 0 Å². The number of ketones is 1. The molecule has 0 spiro atoms. The van der Waals surface area contributed by atoms with Crippen LogP contribution in [-0.2, 0) is 6.42 Å². The van der Waals surface area contributed by atoms with E-state index in [1.807, 2.05) is 25.1 Å². The van der Waals surface area contributed by atoms with Gasteiger partial charge in [-0.3, -0.25) is 4.79 Å². The van der Waals surface area contributed by atoms with Gasteiger partial charge in [-0.05, 0) is 18.6 Å². The maximum Gasteiger partial charge on any atom is 0.171 e. The van der Waals surface area contributed by atoms with Crippen LogP contribution in [0.1, 0.15) is 29.3 Å². The summed E-state index contributed by atoms with van der Waals surface area (Å²) in [6.07, 6.45) is 1.39. The van der Waals surface area contributed by atoms with Crippen molar-refractivity contribution in [1.82, 2.24) is 0 Å². The van der Waals surface area contributed by atoms with Crippen LogP contribution in [0.5, 0.6) is 5.75 Å². The largest absolute Gasteiger partial charge is 0.492 e. The molecule has 0 aliphatic heterocycles. The Morgan fingerprint density at radius 2 is 2.33 bits per heavy atom. The van der Waals surface area contributed by atoms with Gasteiger partial charge in [0.2, 0.25) is 0 Å². The Kier molecular flexibility index (Phi) is 2.58. The predicted octanol–water partition coefficient (Wildman–Crippen LogP) is 2.77. The molecule has 15 heavy (non-hydrogen) atoms. The highest BCUT2D eigenvalue weighted by molar-refractivity contribution is 6.08. The number of Topliss-reactive ketones (excluding diaryl/α,β-unsaturated/α-hetero) is 1. The first kappa shape index (κ1) is 9.97. The second-order valence-corrected chi connectivity index (χ2v) is 3.95. The van der Waals surface area contributed by atoms with Gasteiger partial charge in [0.15, 0.2) is 5.78 Å². The van der Waals surface area contributed by atoms with E-state index in [-0.39, 0.29) is 5.78 Å². The zero-order chi connectivity index (χ0) is 10.8. The van der Waals surface area contributed by atoms with Gasteiger partial charge in [-0.2, -0.15) is 0 Å². The molecule has 78 valence electrons. The lowest BCUT2D eigenvalue weighted by Gasteiger charge is -2.20. The van der Waals surface area contributed by atoms with E-state index >= 15 is 0 Å². The highest BCUT2D eigenvalue weighted by atomic mass is 16.5. The minimum absolute atomic E-state index is 0.191. The van der Waals surface area contributed by atoms with Crippen LogP contribution in [0.4, 0.5) is 0 Å². The third kappa shape index (κ3) is 1.94. The molecule has 1 aliphatic carbocycles. The molecule has 0 saturated heterocycles. The molecule has 1 aromatic rings. The fourth-order valence-electron chi connectivity index (χ4n) is 1.65. The van der Waals surface area contributed by atoms with Crippen molar-refractivity contribution in [2.24, 2.45) is 0 Å². The SMILES string of the molecule is C=C(C)CCOc1cccc2c1C(=O)C2. The van der Waals surface area contributed by atoms with Crippen LogP contribution in [0.25, 0.3) is 0 Å². The first-order valence-electron chi connectivity index (χ1n) is 5.11. The second-order valence-electron chi connectivity index (χ2n) is 3.95. The van der Waals surface area contributed by atoms with E-state index in [1.54, 1.807) is 0 Å². The molecule has 2 rings (SSSR count). The van der Waals surface area contributed by atoms with Gasteiger partial charge in [-0.1, -0.05) is 17.7 Å². The molecule has 0 heterocycles. The van der Waals surface area contributed by atoms with Gasteiger partial charge < -0.3 is 4.74 Å². The topological polar surface area (TPSA) is 26.3 Å². The Morgan fingerprint density at radius 3 is 3.00 bits per heavy atom. The zero-order valence-corrected chi connectivity index (χ0v) is 8.88. The second kappa shape index (κ2) is 3.89. The Morgan fingerprint density at radius 1 is 1.53 bits per heavy atom. The Hall–Kier alpha value is -1.57. The van der Waals surface area contributed by atoms with Gasteiger partial charge >= 0.3 is 0 Å². The Labute approximate surface area is 89.6 Å². The molecule has 2 nitrogen and oxygen atoms in total. The monoisotopic (exact) mass is 202 g/mol. The molecular weight excluding hydrogens is 188 g/mol. The Bertz CT molecular complexity index is 419. The molecule has 0 unspecified atom stereocenters. The number of carbonyl (C=O) groups is 1. The van der Waals surface area contributed by atoms with Gasteiger partial charge in [0.1, 0.15) is 5.75 Å². The summed E-state index contributed by atoms with van der Waals surface area (Å²) < 4.78 is 5.57. The Balaban J connectivity index is 2.06. The maximum absolute atomic E-state index is 11.3. The minimum Gasteiger partial charge on any atom is -0.492 e. The molecule has 0 N–H and O–H groups in total. The van der Waals surface area contributed by atoms with Gasteiger partial charge in [0, 0.05) is 12.8 Å². The summed E-state index contributed by atoms with van der Waals surface area (Å²) in [7, 11) is 0. The quantitative estimate of drug-likeness (QED) is 0.702. The smallest absolute Gasteiger partial charge is 0.171 e. The first-order chi connectivity index (χ1) is 7.18. The van der Waals surface area contributed by atoms with E-state index in [2.05, 4.69) is 6.58 Å². The standard InChI is InChI=1S/C13H14O2/c1-9(2)6-7-15-12-5-3-4-10-8-11(14)13(10)12/h3-5H,1,6-8H2,2H3. The summed E-state index contributed by atoms with van der Waals surface area (Å²) in [4.78, 5) is 11.3. The number of ether oxygens (including phenoxy) is 1. The maximum atomic E-state index is 11.3. The van der Waals surface area contributed by atoms with Crippen LogP contribution in [-0.4, -0.2) is 12.4 Å². The summed E-state index contributed by atoms with van der Waals surface area (Å²) in [5, 5.41) is 0. The number of benzene rings is 1. The van der Waals surface area contributed by atoms with Gasteiger partial charge in [-0.25, -0.2) is 0 Å². The van der Waals surface area contributed by atoms with Crippen molar-refractivity contribution >= 4 is 5.78 Å². The number of hydrogen-bond donors (Lipinski definition) is 0. The summed E-state index contributed by atoms with van der Waals surface area (Å²) in [5.41, 5.74) is 2.98. The average Bonchev–Trinajstić information content (AvgIpc) is 2.15. The average molecular weight is 202 g/mol. The van der Waals surface area contributed by atoms with E-state index in [0.29, 0.717) is 13.0 Å². The van der Waals surface area contributed by atoms with Crippen molar-refractivity contribution in [3.05, 3.63) is 41.5 Å². The van der Waals surface area contributed by atoms with E-state index in [0.717, 1.165) is 28.9 Å². The van der Waals surface area contributed by atoms with Crippen molar-refractivity contribution < 1.29 is 9.53 Å². The summed E-state index contributed by atoms with van der Waals surface area (Å²) in [6, 6.07) is 5.76. The normalized spacial score (nSPS) is 13.0. The molecule has 0 saturated carbocycles. The molecule has 2 heteroatoms. The lowest BCUT2D eigenvalue weighted by molar-refractivity contribution is 0.0963. The van der Waals surface area contributed by atoms with Crippen LogP contribution >= 0.6 is 0 Å². The molecule has 0 bridgehead atoms. The van der Waals surface area contributed by atoms with Crippen LogP contribution in [0, 0.1) is 0 Å². The van der Waals surface area contributed by atoms with Gasteiger partial charge in [0.05, 0.1) is 12.2 Å². The van der Waals surface area contributed by atoms with Crippen LogP contribution < -0.4 is 4.74 Å². The molecule has 0 radical (unpaired) electrons. The van der Waals surface area contributed by atoms with Crippen LogP contribution in [0.2, 0.25) is 0 Å². The number of hydrogen-bond acceptors (Lipinski definition) is 2. The zero-order valence-electron chi connectivity index (χ0n) is 8.88. The van der Waals surface area contributed by atoms with Crippen LogP contribution in [0.3, 0.4) is 0 Å². The van der Waals surface area contributed by atoms with E-state index in [9.17, 15) is 4.79 Å².